The Hall–Kier alpha value is -16.2. The predicted molar refractivity (Wildman–Crippen MR) is 507 cm³/mol. The van der Waals surface area contributed by atoms with Gasteiger partial charge < -0.3 is 4.57 Å². The van der Waals surface area contributed by atoms with Gasteiger partial charge in [-0.15, -0.1) is 0 Å². The van der Waals surface area contributed by atoms with E-state index in [0.29, 0.717) is 22.9 Å². The molecule has 7 nitrogen and oxygen atoms in total. The Morgan fingerprint density at radius 2 is 0.463 bits per heavy atom. The van der Waals surface area contributed by atoms with Crippen molar-refractivity contribution >= 4 is 151 Å². The molecule has 26 aromatic rings. The summed E-state index contributed by atoms with van der Waals surface area (Å²) in [5.41, 5.74) is 17.4. The summed E-state index contributed by atoms with van der Waals surface area (Å²) in [5.74, 6) is 1.74. The Morgan fingerprint density at radius 1 is 0.157 bits per heavy atom. The summed E-state index contributed by atoms with van der Waals surface area (Å²) in [5, 5.41) is 27.2. The molecule has 24 aromatic carbocycles. The van der Waals surface area contributed by atoms with Gasteiger partial charge in [0.05, 0.1) is 11.0 Å². The molecule has 0 N–H and O–H groups in total. The summed E-state index contributed by atoms with van der Waals surface area (Å²) in [4.78, 5) is 56.7. The molecule has 0 spiro atoms. The number of para-hydroxylation sites is 2. The van der Waals surface area contributed by atoms with Crippen molar-refractivity contribution in [3.8, 4) is 95.5 Å². The lowest BCUT2D eigenvalue weighted by Gasteiger charge is -2.13. The minimum absolute atomic E-state index is 0.0494. The maximum absolute atomic E-state index is 14.3. The maximum Gasteiger partial charge on any atom is 0.194 e. The van der Waals surface area contributed by atoms with Crippen LogP contribution in [-0.4, -0.2) is 19.5 Å². The van der Waals surface area contributed by atoms with Crippen LogP contribution in [0, 0.1) is 0 Å². The molecular formula is C114H66N4O3. The number of nitrogens with zero attached hydrogens (tertiary/aromatic N) is 4. The summed E-state index contributed by atoms with van der Waals surface area (Å²) in [6.45, 7) is 0. The molecule has 2 heterocycles. The van der Waals surface area contributed by atoms with Gasteiger partial charge in [-0.2, -0.15) is 0 Å². The number of aromatic nitrogens is 4. The largest absolute Gasteiger partial charge is 0.309 e. The highest BCUT2D eigenvalue weighted by molar-refractivity contribution is 6.39. The zero-order chi connectivity index (χ0) is 80.1. The lowest BCUT2D eigenvalue weighted by Crippen LogP contribution is -2.01. The fraction of sp³-hybridized carbons (Fsp3) is 0. The highest BCUT2D eigenvalue weighted by atomic mass is 16.1. The summed E-state index contributed by atoms with van der Waals surface area (Å²) in [6.07, 6.45) is 0. The van der Waals surface area contributed by atoms with E-state index >= 15 is 0 Å². The van der Waals surface area contributed by atoms with Crippen molar-refractivity contribution in [2.24, 2.45) is 0 Å². The summed E-state index contributed by atoms with van der Waals surface area (Å²) >= 11 is 0. The first-order valence-electron chi connectivity index (χ1n) is 41.0. The van der Waals surface area contributed by atoms with Crippen molar-refractivity contribution in [3.63, 3.8) is 0 Å². The van der Waals surface area contributed by atoms with Gasteiger partial charge in [-0.1, -0.05) is 328 Å². The van der Waals surface area contributed by atoms with Gasteiger partial charge in [0, 0.05) is 97.8 Å². The minimum Gasteiger partial charge on any atom is -0.309 e. The topological polar surface area (TPSA) is 94.8 Å². The van der Waals surface area contributed by atoms with Crippen LogP contribution >= 0.6 is 0 Å². The summed E-state index contributed by atoms with van der Waals surface area (Å²) in [6, 6.07) is 139. The number of fused-ring (bicyclic) bond motifs is 12. The molecule has 7 heteroatoms. The van der Waals surface area contributed by atoms with Gasteiger partial charge in [0.15, 0.2) is 33.8 Å². The first kappa shape index (κ1) is 69.1. The SMILES string of the molecule is O=c1c2cc(-c3cccc(-c4ccccc4)c3)cc3c4ccccc4c4cc(-c5cccc(-c6ccccc6)c5)cc1c4c23.O=c1c2cccc3c4ccccc4c4cc(-c5nc(-c6ccccc6)nc(-c6ccccc6)n5)cc1c4c23.O=c1c2cccc3c4ccccc4c4ccc(-c5ccc6c7ccccc7n(-c7ccccc7)c6c5)c1c4c23. The molecule has 0 aliphatic carbocycles. The molecule has 0 unspecified atom stereocenters. The van der Waals surface area contributed by atoms with E-state index in [1.165, 1.54) is 49.0 Å². The Kier molecular flexibility index (Phi) is 15.7. The molecule has 0 atom stereocenters. The molecule has 26 rings (SSSR count). The molecule has 121 heavy (non-hydrogen) atoms. The number of hydrogen-bond donors (Lipinski definition) is 0. The Bertz CT molecular complexity index is 8590. The second kappa shape index (κ2) is 27.5. The van der Waals surface area contributed by atoms with Crippen molar-refractivity contribution < 1.29 is 0 Å². The highest BCUT2D eigenvalue weighted by Gasteiger charge is 2.27. The summed E-state index contributed by atoms with van der Waals surface area (Å²) in [7, 11) is 0. The molecular weight excluding hydrogens is 1470 g/mol. The fourth-order valence-corrected chi connectivity index (χ4v) is 19.6. The molecule has 0 bridgehead atoms. The predicted octanol–water partition coefficient (Wildman–Crippen LogP) is 28.2. The van der Waals surface area contributed by atoms with Crippen LogP contribution in [0.5, 0.6) is 0 Å². The van der Waals surface area contributed by atoms with Crippen LogP contribution in [0.1, 0.15) is 0 Å². The van der Waals surface area contributed by atoms with Crippen LogP contribution in [0.4, 0.5) is 0 Å². The van der Waals surface area contributed by atoms with Crippen molar-refractivity contribution in [2.75, 3.05) is 0 Å². The van der Waals surface area contributed by atoms with E-state index in [1.54, 1.807) is 0 Å². The van der Waals surface area contributed by atoms with Crippen LogP contribution in [0.3, 0.4) is 0 Å². The van der Waals surface area contributed by atoms with Gasteiger partial charge in [-0.25, -0.2) is 15.0 Å². The number of hydrogen-bond acceptors (Lipinski definition) is 6. The molecule has 0 amide bonds. The Balaban J connectivity index is 0.000000103. The van der Waals surface area contributed by atoms with E-state index in [-0.39, 0.29) is 16.3 Å². The van der Waals surface area contributed by atoms with Crippen molar-refractivity contribution in [2.45, 2.75) is 0 Å². The quantitative estimate of drug-likeness (QED) is 0.134. The lowest BCUT2D eigenvalue weighted by molar-refractivity contribution is 1.07. The fourth-order valence-electron chi connectivity index (χ4n) is 19.6. The monoisotopic (exact) mass is 1540 g/mol. The third-order valence-corrected chi connectivity index (χ3v) is 25.0. The summed E-state index contributed by atoms with van der Waals surface area (Å²) < 4.78 is 2.33. The average molecular weight is 1540 g/mol. The van der Waals surface area contributed by atoms with E-state index in [1.807, 2.05) is 115 Å². The Morgan fingerprint density at radius 3 is 0.950 bits per heavy atom. The van der Waals surface area contributed by atoms with Crippen molar-refractivity contribution in [3.05, 3.63) is 431 Å². The molecule has 2 aromatic heterocycles. The van der Waals surface area contributed by atoms with E-state index in [4.69, 9.17) is 15.0 Å². The molecule has 0 saturated carbocycles. The molecule has 0 aliphatic heterocycles. The zero-order valence-corrected chi connectivity index (χ0v) is 65.1. The third-order valence-electron chi connectivity index (χ3n) is 25.0. The molecule has 0 fully saturated rings. The standard InChI is InChI=1S/C43H26O.C37H21NO.C34H19N3O/c44-43-39-25-33(31-17-9-15-29(21-31)27-11-3-1-4-12-27)23-37-35-19-7-8-20-36(35)38-24-34(26-40(43)42(38)41(37)39)32-18-10-16-30(22-32)28-13-5-2-6-14-28;39-37-31-15-8-14-29-25-11-4-5-12-26(25)30-20-19-24(36(37)35(30)34(29)31)22-17-18-28-27-13-6-7-16-32(27)38(33(28)21-22)23-9-2-1-3-10-23;38-31-26-17-9-16-25-23-14-7-8-15-24(23)27-18-22(19-28(31)30(27)29(25)26)34-36-32(20-10-3-1-4-11-20)35-33(37-34)21-12-5-2-6-13-21/h1-26H;1-21H;1-19H. The van der Waals surface area contributed by atoms with Crippen LogP contribution in [0.15, 0.2) is 415 Å². The molecule has 0 aliphatic rings. The molecule has 560 valence electrons. The van der Waals surface area contributed by atoms with E-state index < -0.39 is 0 Å². The zero-order valence-electron chi connectivity index (χ0n) is 65.1. The molecule has 0 radical (unpaired) electrons. The van der Waals surface area contributed by atoms with Crippen molar-refractivity contribution in [1.82, 2.24) is 19.5 Å². The van der Waals surface area contributed by atoms with Crippen LogP contribution in [-0.2, 0) is 0 Å². The van der Waals surface area contributed by atoms with Gasteiger partial charge in [0.2, 0.25) is 0 Å². The van der Waals surface area contributed by atoms with Gasteiger partial charge in [-0.3, -0.25) is 14.4 Å². The molecule has 0 saturated heterocycles. The van der Waals surface area contributed by atoms with Crippen LogP contribution < -0.4 is 16.3 Å². The second-order valence-electron chi connectivity index (χ2n) is 31.7. The van der Waals surface area contributed by atoms with E-state index in [2.05, 4.69) is 290 Å². The van der Waals surface area contributed by atoms with Crippen LogP contribution in [0.25, 0.3) is 247 Å². The third kappa shape index (κ3) is 10.9. The Labute approximate surface area is 692 Å². The van der Waals surface area contributed by atoms with E-state index in [9.17, 15) is 14.4 Å². The number of benzene rings is 21. The van der Waals surface area contributed by atoms with Gasteiger partial charge in [0.1, 0.15) is 0 Å². The van der Waals surface area contributed by atoms with Gasteiger partial charge >= 0.3 is 0 Å². The normalized spacial score (nSPS) is 11.9. The minimum atomic E-state index is 0.0494. The average Bonchev–Trinajstić information content (AvgIpc) is 1.59. The first-order chi connectivity index (χ1) is 59.8. The van der Waals surface area contributed by atoms with Gasteiger partial charge in [0.25, 0.3) is 0 Å². The smallest absolute Gasteiger partial charge is 0.194 e. The maximum atomic E-state index is 14.3. The highest BCUT2D eigenvalue weighted by Crippen LogP contribution is 2.49. The first-order valence-corrected chi connectivity index (χ1v) is 41.0. The second-order valence-corrected chi connectivity index (χ2v) is 31.7. The van der Waals surface area contributed by atoms with Crippen LogP contribution in [0.2, 0.25) is 0 Å². The van der Waals surface area contributed by atoms with Crippen molar-refractivity contribution in [1.29, 1.82) is 0 Å². The van der Waals surface area contributed by atoms with E-state index in [0.717, 1.165) is 175 Å². The number of rotatable bonds is 9. The van der Waals surface area contributed by atoms with Gasteiger partial charge in [-0.05, 0) is 193 Å². The lowest BCUT2D eigenvalue weighted by atomic mass is 9.90.